The summed E-state index contributed by atoms with van der Waals surface area (Å²) in [5.74, 6) is 0.382. The fourth-order valence-corrected chi connectivity index (χ4v) is 2.84. The summed E-state index contributed by atoms with van der Waals surface area (Å²) in [6.45, 7) is 2.06. The third-order valence-corrected chi connectivity index (χ3v) is 4.49. The van der Waals surface area contributed by atoms with Crippen LogP contribution in [0.1, 0.15) is 18.9 Å². The van der Waals surface area contributed by atoms with E-state index in [0.29, 0.717) is 5.82 Å². The van der Waals surface area contributed by atoms with Crippen LogP contribution in [0.4, 0.5) is 0 Å². The first kappa shape index (κ1) is 18.3. The molecule has 0 aliphatic carbocycles. The van der Waals surface area contributed by atoms with Gasteiger partial charge in [-0.1, -0.05) is 46.3 Å². The molecule has 1 atom stereocenters. The topological polar surface area (TPSA) is 72.7 Å². The van der Waals surface area contributed by atoms with E-state index in [1.54, 1.807) is 0 Å². The Morgan fingerprint density at radius 3 is 2.62 bits per heavy atom. The second kappa shape index (κ2) is 8.71. The van der Waals surface area contributed by atoms with E-state index in [-0.39, 0.29) is 18.5 Å². The molecule has 0 bridgehead atoms. The lowest BCUT2D eigenvalue weighted by molar-refractivity contribution is -0.122. The molecule has 0 aliphatic heterocycles. The third kappa shape index (κ3) is 5.23. The smallest absolute Gasteiger partial charge is 0.243 e. The van der Waals surface area contributed by atoms with Gasteiger partial charge in [-0.15, -0.1) is 10.2 Å². The fourth-order valence-electron chi connectivity index (χ4n) is 2.57. The molecule has 1 aromatic heterocycles. The number of hydrogen-bond donors (Lipinski definition) is 1. The van der Waals surface area contributed by atoms with Gasteiger partial charge in [-0.05, 0) is 54.8 Å². The number of carbonyl (C=O) groups excluding carboxylic acids is 1. The summed E-state index contributed by atoms with van der Waals surface area (Å²) in [5, 5.41) is 15.2. The van der Waals surface area contributed by atoms with Crippen molar-refractivity contribution in [2.24, 2.45) is 0 Å². The summed E-state index contributed by atoms with van der Waals surface area (Å²) < 4.78 is 0.984. The second-order valence-corrected chi connectivity index (χ2v) is 7.06. The molecule has 1 amide bonds. The molecule has 0 aliphatic rings. The van der Waals surface area contributed by atoms with Gasteiger partial charge in [0, 0.05) is 16.1 Å². The van der Waals surface area contributed by atoms with Gasteiger partial charge in [-0.3, -0.25) is 4.79 Å². The van der Waals surface area contributed by atoms with E-state index in [1.807, 2.05) is 49.4 Å². The highest BCUT2D eigenvalue weighted by Crippen LogP contribution is 2.17. The van der Waals surface area contributed by atoms with E-state index in [9.17, 15) is 4.79 Å². The second-order valence-electron chi connectivity index (χ2n) is 6.14. The number of carbonyl (C=O) groups is 1. The zero-order chi connectivity index (χ0) is 18.4. The molecule has 6 nitrogen and oxygen atoms in total. The highest BCUT2D eigenvalue weighted by molar-refractivity contribution is 9.10. The van der Waals surface area contributed by atoms with Gasteiger partial charge in [-0.2, -0.15) is 4.80 Å². The maximum atomic E-state index is 12.2. The molecule has 3 rings (SSSR count). The van der Waals surface area contributed by atoms with Crippen molar-refractivity contribution in [2.75, 3.05) is 0 Å². The number of tetrazole rings is 1. The Kier molecular flexibility index (Phi) is 6.12. The van der Waals surface area contributed by atoms with Crippen molar-refractivity contribution in [3.8, 4) is 11.4 Å². The van der Waals surface area contributed by atoms with Gasteiger partial charge < -0.3 is 5.32 Å². The summed E-state index contributed by atoms with van der Waals surface area (Å²) in [4.78, 5) is 13.5. The molecule has 0 saturated heterocycles. The maximum Gasteiger partial charge on any atom is 0.243 e. The number of halogens is 1. The zero-order valence-electron chi connectivity index (χ0n) is 14.5. The highest BCUT2D eigenvalue weighted by atomic mass is 79.9. The highest BCUT2D eigenvalue weighted by Gasteiger charge is 2.11. The van der Waals surface area contributed by atoms with Crippen LogP contribution in [0.15, 0.2) is 59.1 Å². The number of hydrogen-bond acceptors (Lipinski definition) is 4. The van der Waals surface area contributed by atoms with Crippen molar-refractivity contribution in [3.05, 3.63) is 64.6 Å². The van der Waals surface area contributed by atoms with E-state index in [1.165, 1.54) is 10.4 Å². The van der Waals surface area contributed by atoms with Crippen LogP contribution in [0.5, 0.6) is 0 Å². The summed E-state index contributed by atoms with van der Waals surface area (Å²) in [7, 11) is 0. The van der Waals surface area contributed by atoms with Gasteiger partial charge in [0.05, 0.1) is 0 Å². The van der Waals surface area contributed by atoms with Gasteiger partial charge in [0.25, 0.3) is 0 Å². The van der Waals surface area contributed by atoms with Crippen molar-refractivity contribution in [3.63, 3.8) is 0 Å². The van der Waals surface area contributed by atoms with Crippen LogP contribution in [0, 0.1) is 0 Å². The predicted octanol–water partition coefficient (Wildman–Crippen LogP) is 3.24. The Morgan fingerprint density at radius 1 is 1.15 bits per heavy atom. The number of rotatable bonds is 7. The standard InChI is InChI=1S/C19H20BrN5O/c1-14(7-8-15-5-3-2-4-6-15)21-18(26)13-25-23-19(22-24-25)16-9-11-17(20)12-10-16/h2-6,9-12,14H,7-8,13H2,1H3,(H,21,26)/t14-/m0/s1. The molecule has 0 radical (unpaired) electrons. The molecular weight excluding hydrogens is 394 g/mol. The molecule has 0 spiro atoms. The van der Waals surface area contributed by atoms with Crippen LogP contribution in [0.2, 0.25) is 0 Å². The van der Waals surface area contributed by atoms with E-state index < -0.39 is 0 Å². The SMILES string of the molecule is C[C@@H](CCc1ccccc1)NC(=O)Cn1nnc(-c2ccc(Br)cc2)n1. The lowest BCUT2D eigenvalue weighted by atomic mass is 10.1. The van der Waals surface area contributed by atoms with Crippen LogP contribution in [0.25, 0.3) is 11.4 Å². The molecule has 2 aromatic carbocycles. The first-order chi connectivity index (χ1) is 12.6. The van der Waals surface area contributed by atoms with Crippen molar-refractivity contribution >= 4 is 21.8 Å². The lowest BCUT2D eigenvalue weighted by Crippen LogP contribution is -2.35. The molecular formula is C19H20BrN5O. The first-order valence-electron chi connectivity index (χ1n) is 8.47. The summed E-state index contributed by atoms with van der Waals surface area (Å²) in [6, 6.07) is 18.0. The van der Waals surface area contributed by atoms with Gasteiger partial charge in [0.15, 0.2) is 0 Å². The Balaban J connectivity index is 1.49. The van der Waals surface area contributed by atoms with Crippen molar-refractivity contribution in [1.29, 1.82) is 0 Å². The average Bonchev–Trinajstić information content (AvgIpc) is 3.09. The molecule has 3 aromatic rings. The van der Waals surface area contributed by atoms with Gasteiger partial charge >= 0.3 is 0 Å². The monoisotopic (exact) mass is 413 g/mol. The minimum absolute atomic E-state index is 0.0548. The lowest BCUT2D eigenvalue weighted by Gasteiger charge is -2.13. The van der Waals surface area contributed by atoms with Crippen LogP contribution < -0.4 is 5.32 Å². The largest absolute Gasteiger partial charge is 0.352 e. The van der Waals surface area contributed by atoms with E-state index >= 15 is 0 Å². The normalized spacial score (nSPS) is 11.9. The Hall–Kier alpha value is -2.54. The number of amides is 1. The molecule has 0 fully saturated rings. The van der Waals surface area contributed by atoms with Crippen LogP contribution in [-0.4, -0.2) is 32.2 Å². The summed E-state index contributed by atoms with van der Waals surface area (Å²) in [6.07, 6.45) is 1.81. The van der Waals surface area contributed by atoms with Crippen molar-refractivity contribution in [1.82, 2.24) is 25.5 Å². The van der Waals surface area contributed by atoms with E-state index in [2.05, 4.69) is 48.8 Å². The Labute approximate surface area is 160 Å². The average molecular weight is 414 g/mol. The summed E-state index contributed by atoms with van der Waals surface area (Å²) in [5.41, 5.74) is 2.13. The molecule has 1 heterocycles. The summed E-state index contributed by atoms with van der Waals surface area (Å²) >= 11 is 3.39. The predicted molar refractivity (Wildman–Crippen MR) is 103 cm³/mol. The third-order valence-electron chi connectivity index (χ3n) is 3.96. The Morgan fingerprint density at radius 2 is 1.88 bits per heavy atom. The maximum absolute atomic E-state index is 12.2. The van der Waals surface area contributed by atoms with Crippen LogP contribution >= 0.6 is 15.9 Å². The van der Waals surface area contributed by atoms with Crippen molar-refractivity contribution in [2.45, 2.75) is 32.4 Å². The number of benzene rings is 2. The molecule has 0 saturated carbocycles. The number of nitrogens with one attached hydrogen (secondary N) is 1. The number of nitrogens with zero attached hydrogens (tertiary/aromatic N) is 4. The van der Waals surface area contributed by atoms with E-state index in [4.69, 9.17) is 0 Å². The molecule has 7 heteroatoms. The molecule has 0 unspecified atom stereocenters. The molecule has 26 heavy (non-hydrogen) atoms. The zero-order valence-corrected chi connectivity index (χ0v) is 16.1. The minimum Gasteiger partial charge on any atom is -0.352 e. The van der Waals surface area contributed by atoms with Crippen molar-refractivity contribution < 1.29 is 4.79 Å². The molecule has 1 N–H and O–H groups in total. The van der Waals surface area contributed by atoms with Gasteiger partial charge in [0.1, 0.15) is 6.54 Å². The van der Waals surface area contributed by atoms with Crippen LogP contribution in [-0.2, 0) is 17.8 Å². The quantitative estimate of drug-likeness (QED) is 0.644. The fraction of sp³-hybridized carbons (Fsp3) is 0.263. The van der Waals surface area contributed by atoms with E-state index in [0.717, 1.165) is 22.9 Å². The van der Waals surface area contributed by atoms with Gasteiger partial charge in [-0.25, -0.2) is 0 Å². The Bertz CT molecular complexity index is 848. The minimum atomic E-state index is -0.120. The number of aryl methyl sites for hydroxylation is 1. The van der Waals surface area contributed by atoms with Gasteiger partial charge in [0.2, 0.25) is 11.7 Å². The number of aromatic nitrogens is 4. The van der Waals surface area contributed by atoms with Crippen LogP contribution in [0.3, 0.4) is 0 Å². The first-order valence-corrected chi connectivity index (χ1v) is 9.26. The molecule has 134 valence electrons.